The predicted molar refractivity (Wildman–Crippen MR) is 81.0 cm³/mol. The Balaban J connectivity index is 1.53. The Morgan fingerprint density at radius 3 is 2.71 bits per heavy atom. The Kier molecular flexibility index (Phi) is 5.08. The van der Waals surface area contributed by atoms with E-state index in [1.165, 1.54) is 25.2 Å². The van der Waals surface area contributed by atoms with Gasteiger partial charge in [-0.25, -0.2) is 9.97 Å². The van der Waals surface area contributed by atoms with E-state index in [0.717, 1.165) is 19.4 Å². The number of carboxylic acids is 1. The SMILES string of the molecule is O=C(O)CN(CC1CC1)C1CC(Nc2nccnc2OC(F)F)C1. The molecule has 0 atom stereocenters. The van der Waals surface area contributed by atoms with Crippen molar-refractivity contribution in [2.75, 3.05) is 18.4 Å². The zero-order valence-electron chi connectivity index (χ0n) is 13.1. The second kappa shape index (κ2) is 7.25. The van der Waals surface area contributed by atoms with Gasteiger partial charge < -0.3 is 15.2 Å². The molecule has 1 aromatic rings. The Hall–Kier alpha value is -2.03. The number of alkyl halides is 2. The number of aromatic nitrogens is 2. The molecule has 2 N–H and O–H groups in total. The Morgan fingerprint density at radius 2 is 2.08 bits per heavy atom. The molecule has 1 heterocycles. The predicted octanol–water partition coefficient (Wildman–Crippen LogP) is 1.82. The first-order valence-electron chi connectivity index (χ1n) is 7.99. The van der Waals surface area contributed by atoms with Crippen LogP contribution >= 0.6 is 0 Å². The average molecular weight is 342 g/mol. The minimum absolute atomic E-state index is 0.0404. The Morgan fingerprint density at radius 1 is 1.38 bits per heavy atom. The van der Waals surface area contributed by atoms with Crippen molar-refractivity contribution < 1.29 is 23.4 Å². The minimum atomic E-state index is -2.96. The van der Waals surface area contributed by atoms with Crippen LogP contribution in [0.4, 0.5) is 14.6 Å². The maximum absolute atomic E-state index is 12.4. The first kappa shape index (κ1) is 16.8. The first-order chi connectivity index (χ1) is 11.5. The highest BCUT2D eigenvalue weighted by molar-refractivity contribution is 5.69. The molecular weight excluding hydrogens is 322 g/mol. The summed E-state index contributed by atoms with van der Waals surface area (Å²) in [6, 6.07) is 0.234. The van der Waals surface area contributed by atoms with E-state index in [1.54, 1.807) is 0 Å². The van der Waals surface area contributed by atoms with Crippen LogP contribution < -0.4 is 10.1 Å². The molecular formula is C15H20F2N4O3. The molecule has 0 bridgehead atoms. The van der Waals surface area contributed by atoms with Gasteiger partial charge in [0.05, 0.1) is 6.54 Å². The molecule has 0 aromatic carbocycles. The summed E-state index contributed by atoms with van der Waals surface area (Å²) in [4.78, 5) is 20.8. The van der Waals surface area contributed by atoms with Crippen LogP contribution in [-0.4, -0.2) is 57.7 Å². The first-order valence-corrected chi connectivity index (χ1v) is 7.99. The van der Waals surface area contributed by atoms with Gasteiger partial charge in [-0.3, -0.25) is 9.69 Å². The van der Waals surface area contributed by atoms with Gasteiger partial charge in [0.15, 0.2) is 5.82 Å². The van der Waals surface area contributed by atoms with Crippen LogP contribution in [0.25, 0.3) is 0 Å². The Bertz CT molecular complexity index is 580. The van der Waals surface area contributed by atoms with Gasteiger partial charge in [-0.15, -0.1) is 0 Å². The maximum atomic E-state index is 12.4. The number of hydrogen-bond donors (Lipinski definition) is 2. The van der Waals surface area contributed by atoms with Crippen LogP contribution in [0.15, 0.2) is 12.4 Å². The van der Waals surface area contributed by atoms with E-state index < -0.39 is 12.6 Å². The molecule has 2 fully saturated rings. The van der Waals surface area contributed by atoms with E-state index >= 15 is 0 Å². The zero-order chi connectivity index (χ0) is 17.1. The second-order valence-corrected chi connectivity index (χ2v) is 6.32. The highest BCUT2D eigenvalue weighted by Crippen LogP contribution is 2.35. The van der Waals surface area contributed by atoms with Crippen LogP contribution in [-0.2, 0) is 4.79 Å². The molecule has 0 aliphatic heterocycles. The van der Waals surface area contributed by atoms with E-state index in [4.69, 9.17) is 5.11 Å². The van der Waals surface area contributed by atoms with Gasteiger partial charge in [0.25, 0.3) is 5.88 Å². The highest BCUT2D eigenvalue weighted by Gasteiger charge is 2.37. The van der Waals surface area contributed by atoms with Gasteiger partial charge >= 0.3 is 12.6 Å². The van der Waals surface area contributed by atoms with Crippen molar-refractivity contribution in [2.24, 2.45) is 5.92 Å². The lowest BCUT2D eigenvalue weighted by Crippen LogP contribution is -2.52. The molecule has 2 aliphatic rings. The molecule has 9 heteroatoms. The standard InChI is InChI=1S/C15H20F2N4O3/c16-15(17)24-14-13(18-3-4-19-14)20-10-5-11(6-10)21(8-12(22)23)7-9-1-2-9/h3-4,9-11,15H,1-2,5-8H2,(H,18,20)(H,22,23). The van der Waals surface area contributed by atoms with Gasteiger partial charge in [0.1, 0.15) is 0 Å². The third-order valence-corrected chi connectivity index (χ3v) is 4.36. The van der Waals surface area contributed by atoms with Gasteiger partial charge in [-0.1, -0.05) is 0 Å². The summed E-state index contributed by atoms with van der Waals surface area (Å²) in [7, 11) is 0. The minimum Gasteiger partial charge on any atom is -0.480 e. The summed E-state index contributed by atoms with van der Waals surface area (Å²) in [6.07, 6.45) is 6.50. The lowest BCUT2D eigenvalue weighted by molar-refractivity contribution is -0.139. The van der Waals surface area contributed by atoms with Crippen LogP contribution in [0.1, 0.15) is 25.7 Å². The number of anilines is 1. The van der Waals surface area contributed by atoms with E-state index in [1.807, 2.05) is 4.90 Å². The number of carboxylic acid groups (broad SMARTS) is 1. The van der Waals surface area contributed by atoms with Crippen molar-refractivity contribution >= 4 is 11.8 Å². The molecule has 0 unspecified atom stereocenters. The molecule has 2 aliphatic carbocycles. The number of aliphatic carboxylic acids is 1. The number of ether oxygens (including phenoxy) is 1. The highest BCUT2D eigenvalue weighted by atomic mass is 19.3. The number of hydrogen-bond acceptors (Lipinski definition) is 6. The van der Waals surface area contributed by atoms with Crippen LogP contribution in [0.2, 0.25) is 0 Å². The maximum Gasteiger partial charge on any atom is 0.388 e. The normalized spacial score (nSPS) is 23.2. The molecule has 132 valence electrons. The van der Waals surface area contributed by atoms with Gasteiger partial charge in [-0.05, 0) is 31.6 Å². The molecule has 3 rings (SSSR count). The van der Waals surface area contributed by atoms with Crippen LogP contribution in [0, 0.1) is 5.92 Å². The lowest BCUT2D eigenvalue weighted by Gasteiger charge is -2.43. The fourth-order valence-corrected chi connectivity index (χ4v) is 2.94. The third kappa shape index (κ3) is 4.50. The van der Waals surface area contributed by atoms with Crippen molar-refractivity contribution in [3.63, 3.8) is 0 Å². The van der Waals surface area contributed by atoms with Crippen molar-refractivity contribution in [1.29, 1.82) is 0 Å². The third-order valence-electron chi connectivity index (χ3n) is 4.36. The van der Waals surface area contributed by atoms with Gasteiger partial charge in [-0.2, -0.15) is 8.78 Å². The smallest absolute Gasteiger partial charge is 0.388 e. The molecule has 7 nitrogen and oxygen atoms in total. The number of carbonyl (C=O) groups is 1. The summed E-state index contributed by atoms with van der Waals surface area (Å²) in [5.74, 6) is -0.249. The van der Waals surface area contributed by atoms with E-state index in [2.05, 4.69) is 20.0 Å². The van der Waals surface area contributed by atoms with Crippen molar-refractivity contribution in [1.82, 2.24) is 14.9 Å². The molecule has 0 spiro atoms. The van der Waals surface area contributed by atoms with Crippen molar-refractivity contribution in [2.45, 2.75) is 44.4 Å². The summed E-state index contributed by atoms with van der Waals surface area (Å²) in [6.45, 7) is -2.10. The molecule has 1 aromatic heterocycles. The number of halogens is 2. The van der Waals surface area contributed by atoms with Crippen molar-refractivity contribution in [3.8, 4) is 5.88 Å². The lowest BCUT2D eigenvalue weighted by atomic mass is 9.85. The summed E-state index contributed by atoms with van der Waals surface area (Å²) in [5, 5.41) is 12.1. The molecule has 0 saturated heterocycles. The topological polar surface area (TPSA) is 87.6 Å². The van der Waals surface area contributed by atoms with Crippen LogP contribution in [0.5, 0.6) is 5.88 Å². The average Bonchev–Trinajstić information content (AvgIpc) is 3.26. The fraction of sp³-hybridized carbons (Fsp3) is 0.667. The summed E-state index contributed by atoms with van der Waals surface area (Å²) in [5.41, 5.74) is 0. The fourth-order valence-electron chi connectivity index (χ4n) is 2.94. The number of nitrogens with zero attached hydrogens (tertiary/aromatic N) is 3. The summed E-state index contributed by atoms with van der Waals surface area (Å²) >= 11 is 0. The van der Waals surface area contributed by atoms with Crippen LogP contribution in [0.3, 0.4) is 0 Å². The molecule has 24 heavy (non-hydrogen) atoms. The van der Waals surface area contributed by atoms with Crippen molar-refractivity contribution in [3.05, 3.63) is 12.4 Å². The van der Waals surface area contributed by atoms with Gasteiger partial charge in [0, 0.05) is 31.0 Å². The quantitative estimate of drug-likeness (QED) is 0.708. The molecule has 2 saturated carbocycles. The second-order valence-electron chi connectivity index (χ2n) is 6.32. The Labute approximate surface area is 138 Å². The number of nitrogens with one attached hydrogen (secondary N) is 1. The molecule has 0 radical (unpaired) electrons. The number of rotatable bonds is 9. The molecule has 0 amide bonds. The van der Waals surface area contributed by atoms with Gasteiger partial charge in [0.2, 0.25) is 0 Å². The largest absolute Gasteiger partial charge is 0.480 e. The zero-order valence-corrected chi connectivity index (χ0v) is 13.1. The van der Waals surface area contributed by atoms with E-state index in [9.17, 15) is 13.6 Å². The van der Waals surface area contributed by atoms with E-state index in [0.29, 0.717) is 5.92 Å². The summed E-state index contributed by atoms with van der Waals surface area (Å²) < 4.78 is 29.1. The van der Waals surface area contributed by atoms with E-state index in [-0.39, 0.29) is 30.3 Å². The monoisotopic (exact) mass is 342 g/mol.